The number of hydrogen-bond acceptors (Lipinski definition) is 6. The van der Waals surface area contributed by atoms with Gasteiger partial charge in [-0.1, -0.05) is 12.1 Å². The van der Waals surface area contributed by atoms with E-state index in [9.17, 15) is 9.36 Å². The molecular formula is C12H17O6P. The van der Waals surface area contributed by atoms with E-state index >= 15 is 0 Å². The van der Waals surface area contributed by atoms with Crippen LogP contribution in [0, 0.1) is 0 Å². The van der Waals surface area contributed by atoms with Gasteiger partial charge in [0, 0.05) is 0 Å². The van der Waals surface area contributed by atoms with Crippen LogP contribution in [0.1, 0.15) is 24.2 Å². The van der Waals surface area contributed by atoms with E-state index in [4.69, 9.17) is 13.6 Å². The summed E-state index contributed by atoms with van der Waals surface area (Å²) >= 11 is 0. The number of phosphoric acid groups is 1. The molecule has 0 unspecified atom stereocenters. The summed E-state index contributed by atoms with van der Waals surface area (Å²) in [5.41, 5.74) is 0.157. The molecule has 0 bridgehead atoms. The van der Waals surface area contributed by atoms with Crippen molar-refractivity contribution < 1.29 is 27.7 Å². The van der Waals surface area contributed by atoms with E-state index in [2.05, 4.69) is 4.74 Å². The van der Waals surface area contributed by atoms with Gasteiger partial charge < -0.3 is 9.26 Å². The number of para-hydroxylation sites is 1. The molecule has 0 atom stereocenters. The Kier molecular flexibility index (Phi) is 6.02. The fourth-order valence-corrected chi connectivity index (χ4v) is 2.56. The Morgan fingerprint density at radius 1 is 1.16 bits per heavy atom. The first-order chi connectivity index (χ1) is 9.06. The van der Waals surface area contributed by atoms with Gasteiger partial charge in [0.2, 0.25) is 0 Å². The Morgan fingerprint density at radius 3 is 2.26 bits per heavy atom. The van der Waals surface area contributed by atoms with Crippen LogP contribution < -0.4 is 4.52 Å². The zero-order valence-electron chi connectivity index (χ0n) is 11.1. The Balaban J connectivity index is 3.03. The SMILES string of the molecule is CCOP(=O)(OCC)Oc1ccccc1C(=O)OC. The van der Waals surface area contributed by atoms with Crippen molar-refractivity contribution in [1.29, 1.82) is 0 Å². The van der Waals surface area contributed by atoms with Gasteiger partial charge in [-0.05, 0) is 26.0 Å². The standard InChI is InChI=1S/C12H17O6P/c1-4-16-19(14,17-5-2)18-11-9-7-6-8-10(11)12(13)15-3/h6-9H,4-5H2,1-3H3. The predicted octanol–water partition coefficient (Wildman–Crippen LogP) is 3.03. The average molecular weight is 288 g/mol. The predicted molar refractivity (Wildman–Crippen MR) is 69.3 cm³/mol. The van der Waals surface area contributed by atoms with Crippen molar-refractivity contribution in [3.05, 3.63) is 29.8 Å². The lowest BCUT2D eigenvalue weighted by Crippen LogP contribution is -2.07. The normalized spacial score (nSPS) is 11.1. The fourth-order valence-electron chi connectivity index (χ4n) is 1.35. The monoisotopic (exact) mass is 288 g/mol. The molecule has 7 heteroatoms. The Bertz CT molecular complexity index is 463. The van der Waals surface area contributed by atoms with Crippen LogP contribution >= 0.6 is 7.82 Å². The first-order valence-electron chi connectivity index (χ1n) is 5.82. The molecular weight excluding hydrogens is 271 g/mol. The number of ether oxygens (including phenoxy) is 1. The highest BCUT2D eigenvalue weighted by Gasteiger charge is 2.29. The van der Waals surface area contributed by atoms with Crippen molar-refractivity contribution in [3.63, 3.8) is 0 Å². The topological polar surface area (TPSA) is 71.1 Å². The molecule has 0 spiro atoms. The third kappa shape index (κ3) is 4.35. The number of carbonyl (C=O) groups excluding carboxylic acids is 1. The Morgan fingerprint density at radius 2 is 1.74 bits per heavy atom. The minimum Gasteiger partial charge on any atom is -0.465 e. The molecule has 0 radical (unpaired) electrons. The lowest BCUT2D eigenvalue weighted by atomic mass is 10.2. The summed E-state index contributed by atoms with van der Waals surface area (Å²) in [6.07, 6.45) is 0. The summed E-state index contributed by atoms with van der Waals surface area (Å²) in [6, 6.07) is 6.29. The van der Waals surface area contributed by atoms with Crippen LogP contribution in [0.3, 0.4) is 0 Å². The molecule has 0 aliphatic heterocycles. The first-order valence-corrected chi connectivity index (χ1v) is 7.28. The van der Waals surface area contributed by atoms with E-state index in [1.807, 2.05) is 0 Å². The maximum absolute atomic E-state index is 12.2. The molecule has 0 saturated carbocycles. The highest BCUT2D eigenvalue weighted by atomic mass is 31.2. The van der Waals surface area contributed by atoms with Gasteiger partial charge in [0.25, 0.3) is 0 Å². The largest absolute Gasteiger partial charge is 0.530 e. The summed E-state index contributed by atoms with van der Waals surface area (Å²) in [5, 5.41) is 0. The van der Waals surface area contributed by atoms with E-state index in [0.29, 0.717) is 0 Å². The van der Waals surface area contributed by atoms with Crippen molar-refractivity contribution in [2.75, 3.05) is 20.3 Å². The summed E-state index contributed by atoms with van der Waals surface area (Å²) in [6.45, 7) is 3.66. The van der Waals surface area contributed by atoms with Crippen molar-refractivity contribution in [2.24, 2.45) is 0 Å². The van der Waals surface area contributed by atoms with Crippen LogP contribution in [0.15, 0.2) is 24.3 Å². The number of rotatable bonds is 7. The van der Waals surface area contributed by atoms with E-state index in [0.717, 1.165) is 0 Å². The summed E-state index contributed by atoms with van der Waals surface area (Å²) in [4.78, 5) is 11.6. The van der Waals surface area contributed by atoms with Crippen LogP contribution in [0.5, 0.6) is 5.75 Å². The summed E-state index contributed by atoms with van der Waals surface area (Å²) in [7, 11) is -2.47. The lowest BCUT2D eigenvalue weighted by molar-refractivity contribution is 0.0598. The third-order valence-electron chi connectivity index (χ3n) is 2.08. The van der Waals surface area contributed by atoms with Gasteiger partial charge in [0.05, 0.1) is 20.3 Å². The van der Waals surface area contributed by atoms with Gasteiger partial charge in [-0.25, -0.2) is 9.36 Å². The second kappa shape index (κ2) is 7.28. The van der Waals surface area contributed by atoms with Crippen LogP contribution in [0.25, 0.3) is 0 Å². The summed E-state index contributed by atoms with van der Waals surface area (Å²) in [5.74, 6) is -0.491. The number of carbonyl (C=O) groups is 1. The molecule has 0 aliphatic rings. The molecule has 0 fully saturated rings. The van der Waals surface area contributed by atoms with Gasteiger partial charge >= 0.3 is 13.8 Å². The maximum atomic E-state index is 12.2. The van der Waals surface area contributed by atoms with E-state index in [1.165, 1.54) is 19.2 Å². The minimum atomic E-state index is -3.73. The highest BCUT2D eigenvalue weighted by Crippen LogP contribution is 2.49. The number of phosphoric ester groups is 1. The third-order valence-corrected chi connectivity index (χ3v) is 3.65. The van der Waals surface area contributed by atoms with Crippen molar-refractivity contribution in [1.82, 2.24) is 0 Å². The van der Waals surface area contributed by atoms with Crippen molar-refractivity contribution >= 4 is 13.8 Å². The zero-order chi connectivity index (χ0) is 14.3. The van der Waals surface area contributed by atoms with Crippen LogP contribution in [0.4, 0.5) is 0 Å². The Hall–Kier alpha value is -1.36. The maximum Gasteiger partial charge on any atom is 0.530 e. The van der Waals surface area contributed by atoms with Crippen molar-refractivity contribution in [3.8, 4) is 5.75 Å². The van der Waals surface area contributed by atoms with Gasteiger partial charge in [0.15, 0.2) is 0 Å². The first kappa shape index (κ1) is 15.7. The second-order valence-corrected chi connectivity index (χ2v) is 4.96. The molecule has 1 rings (SSSR count). The smallest absolute Gasteiger partial charge is 0.465 e. The van der Waals surface area contributed by atoms with E-state index in [1.54, 1.807) is 26.0 Å². The van der Waals surface area contributed by atoms with Crippen LogP contribution in [-0.2, 0) is 18.3 Å². The summed E-state index contributed by atoms with van der Waals surface area (Å²) < 4.78 is 32.1. The zero-order valence-corrected chi connectivity index (χ0v) is 12.0. The van der Waals surface area contributed by atoms with Gasteiger partial charge in [0.1, 0.15) is 11.3 Å². The molecule has 0 N–H and O–H groups in total. The molecule has 106 valence electrons. The minimum absolute atomic E-state index is 0.0968. The van der Waals surface area contributed by atoms with Gasteiger partial charge in [-0.2, -0.15) is 0 Å². The van der Waals surface area contributed by atoms with Gasteiger partial charge in [-0.15, -0.1) is 0 Å². The molecule has 1 aromatic carbocycles. The molecule has 0 aliphatic carbocycles. The second-order valence-electron chi connectivity index (χ2n) is 3.36. The van der Waals surface area contributed by atoms with Gasteiger partial charge in [-0.3, -0.25) is 9.05 Å². The molecule has 0 amide bonds. The quantitative estimate of drug-likeness (QED) is 0.567. The van der Waals surface area contributed by atoms with Crippen molar-refractivity contribution in [2.45, 2.75) is 13.8 Å². The molecule has 19 heavy (non-hydrogen) atoms. The fraction of sp³-hybridized carbons (Fsp3) is 0.417. The lowest BCUT2D eigenvalue weighted by Gasteiger charge is -2.18. The molecule has 1 aromatic rings. The number of hydrogen-bond donors (Lipinski definition) is 0. The van der Waals surface area contributed by atoms with E-state index < -0.39 is 13.8 Å². The van der Waals surface area contributed by atoms with E-state index in [-0.39, 0.29) is 24.5 Å². The van der Waals surface area contributed by atoms with Crippen LogP contribution in [0.2, 0.25) is 0 Å². The Labute approximate surface area is 112 Å². The molecule has 0 heterocycles. The molecule has 0 aromatic heterocycles. The van der Waals surface area contributed by atoms with Crippen LogP contribution in [-0.4, -0.2) is 26.3 Å². The molecule has 0 saturated heterocycles. The number of methoxy groups -OCH3 is 1. The number of benzene rings is 1. The number of esters is 1. The highest BCUT2D eigenvalue weighted by molar-refractivity contribution is 7.48. The average Bonchev–Trinajstić information content (AvgIpc) is 2.39. The molecule has 6 nitrogen and oxygen atoms in total.